The maximum Gasteiger partial charge on any atom is -0.142 e. The summed E-state index contributed by atoms with van der Waals surface area (Å²) in [6.45, 7) is 0. The molecule has 0 radical (unpaired) electrons. The molecule has 0 aromatic rings. The van der Waals surface area contributed by atoms with E-state index in [1.54, 1.807) is 0 Å². The summed E-state index contributed by atoms with van der Waals surface area (Å²) in [6, 6.07) is 0. The lowest BCUT2D eigenvalue weighted by molar-refractivity contribution is 0.419. The fourth-order valence-corrected chi connectivity index (χ4v) is 0. The van der Waals surface area contributed by atoms with Crippen LogP contribution in [0.1, 0.15) is 0 Å². The maximum absolute atomic E-state index is 8.44. The van der Waals surface area contributed by atoms with Gasteiger partial charge in [0.05, 0.1) is 0 Å². The largest absolute Gasteiger partial charge is 0.870 e. The lowest BCUT2D eigenvalue weighted by Gasteiger charge is -2.03. The van der Waals surface area contributed by atoms with Gasteiger partial charge in [0.25, 0.3) is 0 Å². The summed E-state index contributed by atoms with van der Waals surface area (Å²) in [5, 5.41) is 0. The molecule has 58 valence electrons. The molecule has 0 unspecified atom stereocenters. The Balaban J connectivity index is -0.00000000750. The zero-order valence-corrected chi connectivity index (χ0v) is 5.40. The molecule has 0 aromatic carbocycles. The zero-order valence-electron chi connectivity index (χ0n) is 4.58. The molecule has 0 fully saturated rings. The van der Waals surface area contributed by atoms with E-state index in [1.165, 1.54) is 0 Å². The molecule has 0 saturated carbocycles. The highest BCUT2D eigenvalue weighted by Gasteiger charge is 1.20. The van der Waals surface area contributed by atoms with Gasteiger partial charge in [-0.3, -0.25) is 4.21 Å². The molecule has 11 N–H and O–H groups in total. The lowest BCUT2D eigenvalue weighted by atomic mass is 14.0. The zero-order chi connectivity index (χ0) is 3.58. The van der Waals surface area contributed by atoms with Gasteiger partial charge in [-0.2, -0.15) is 0 Å². The molecule has 0 spiro atoms. The normalized spacial score (nSPS) is 4.38. The Bertz CT molecular complexity index is 33.4. The first-order valence-corrected chi connectivity index (χ1v) is 1.50. The van der Waals surface area contributed by atoms with Crippen molar-refractivity contribution in [1.29, 1.82) is 0 Å². The standard InChI is InChI=1S/2H3N.H2O3S.2H2O/c;;1-4(2)3;;/h2*1H3;(H2,1,2,3);2*1H2/p-1. The van der Waals surface area contributed by atoms with Crippen molar-refractivity contribution >= 4 is 11.4 Å². The predicted molar refractivity (Wildman–Crippen MR) is 27.2 cm³/mol. The van der Waals surface area contributed by atoms with Crippen molar-refractivity contribution in [2.45, 2.75) is 0 Å². The summed E-state index contributed by atoms with van der Waals surface area (Å²) in [7, 11) is 0. The monoisotopic (exact) mass is 151 g/mol. The molecule has 8 heteroatoms. The lowest BCUT2D eigenvalue weighted by Crippen LogP contribution is -1.76. The predicted octanol–water partition coefficient (Wildman–Crippen LogP) is -1.25. The van der Waals surface area contributed by atoms with E-state index < -0.39 is 11.4 Å². The highest BCUT2D eigenvalue weighted by Crippen LogP contribution is 1.42. The molecule has 7 nitrogen and oxygen atoms in total. The van der Waals surface area contributed by atoms with Crippen LogP contribution in [0.5, 0.6) is 0 Å². The van der Waals surface area contributed by atoms with E-state index in [0.29, 0.717) is 0 Å². The van der Waals surface area contributed by atoms with Gasteiger partial charge < -0.3 is 32.4 Å². The second-order valence-corrected chi connectivity index (χ2v) is 0.612. The van der Waals surface area contributed by atoms with Crippen LogP contribution in [0.15, 0.2) is 0 Å². The van der Waals surface area contributed by atoms with Gasteiger partial charge in [-0.15, -0.1) is 11.4 Å². The summed E-state index contributed by atoms with van der Waals surface area (Å²) in [5.41, 5.74) is 0. The molecular weight excluding hydrogens is 140 g/mol. The minimum Gasteiger partial charge on any atom is -0.870 e. The van der Waals surface area contributed by atoms with Gasteiger partial charge in [0.1, 0.15) is 0 Å². The summed E-state index contributed by atoms with van der Waals surface area (Å²) in [6.07, 6.45) is 0. The minimum absolute atomic E-state index is 0. The van der Waals surface area contributed by atoms with Gasteiger partial charge in [-0.05, 0) is 0 Å². The van der Waals surface area contributed by atoms with E-state index in [-0.39, 0.29) is 23.3 Å². The van der Waals surface area contributed by atoms with Crippen molar-refractivity contribution in [3.63, 3.8) is 0 Å². The van der Waals surface area contributed by atoms with Crippen LogP contribution in [0.2, 0.25) is 0 Å². The van der Waals surface area contributed by atoms with Gasteiger partial charge in [0, 0.05) is 0 Å². The molecule has 0 amide bonds. The van der Waals surface area contributed by atoms with Crippen LogP contribution in [0.3, 0.4) is 0 Å². The van der Waals surface area contributed by atoms with E-state index in [1.807, 2.05) is 0 Å². The van der Waals surface area contributed by atoms with Crippen LogP contribution < -0.4 is 12.3 Å². The van der Waals surface area contributed by atoms with E-state index in [0.717, 1.165) is 0 Å². The van der Waals surface area contributed by atoms with Gasteiger partial charge in [0.2, 0.25) is 0 Å². The van der Waals surface area contributed by atoms with Crippen molar-refractivity contribution in [1.82, 2.24) is 12.3 Å². The fraction of sp³-hybridized carbons (Fsp3) is 0. The number of hydrogen-bond donors (Lipinski definition) is 2. The van der Waals surface area contributed by atoms with Crippen LogP contribution in [-0.4, -0.2) is 24.3 Å². The van der Waals surface area contributed by atoms with E-state index >= 15 is 0 Å². The third kappa shape index (κ3) is 17600. The molecule has 8 heavy (non-hydrogen) atoms. The first-order valence-electron chi connectivity index (χ1n) is 0.500. The van der Waals surface area contributed by atoms with Gasteiger partial charge in [-0.1, -0.05) is 0 Å². The molecule has 0 aromatic heterocycles. The number of rotatable bonds is 0. The molecule has 0 bridgehead atoms. The Labute approximate surface area is 49.0 Å². The van der Waals surface area contributed by atoms with Gasteiger partial charge in [0.15, 0.2) is 0 Å². The summed E-state index contributed by atoms with van der Waals surface area (Å²) >= 11 is -3.11. The third-order valence-corrected chi connectivity index (χ3v) is 0. The third-order valence-electron chi connectivity index (χ3n) is 0. The Morgan fingerprint density at radius 3 is 1.12 bits per heavy atom. The average molecular weight is 151 g/mol. The minimum atomic E-state index is -3.11. The van der Waals surface area contributed by atoms with Crippen molar-refractivity contribution in [2.75, 3.05) is 0 Å². The molecule has 0 aliphatic carbocycles. The van der Waals surface area contributed by atoms with Crippen LogP contribution in [0, 0.1) is 0 Å². The first-order chi connectivity index (χ1) is 1.73. The SMILES string of the molecule is O.O=S([O-])[O-].[NH4+].[NH4+].[OH-]. The molecule has 0 atom stereocenters. The van der Waals surface area contributed by atoms with Crippen molar-refractivity contribution in [3.8, 4) is 0 Å². The maximum atomic E-state index is 8.44. The fourth-order valence-electron chi connectivity index (χ4n) is 0. The van der Waals surface area contributed by atoms with E-state index in [9.17, 15) is 0 Å². The van der Waals surface area contributed by atoms with Crippen LogP contribution in [0.4, 0.5) is 0 Å². The Morgan fingerprint density at radius 1 is 1.12 bits per heavy atom. The quantitative estimate of drug-likeness (QED) is 0.407. The van der Waals surface area contributed by atoms with E-state index in [4.69, 9.17) is 13.3 Å². The smallest absolute Gasteiger partial charge is 0.142 e. The second-order valence-electron chi connectivity index (χ2n) is 0.204. The summed E-state index contributed by atoms with van der Waals surface area (Å²) in [5.74, 6) is 0. The first kappa shape index (κ1) is 44.6. The number of hydrogen-bond acceptors (Lipinski definition) is 4. The van der Waals surface area contributed by atoms with Crippen molar-refractivity contribution in [3.05, 3.63) is 0 Å². The van der Waals surface area contributed by atoms with Gasteiger partial charge in [-0.25, -0.2) is 0 Å². The van der Waals surface area contributed by atoms with Crippen LogP contribution in [-0.2, 0) is 11.4 Å². The van der Waals surface area contributed by atoms with Gasteiger partial charge >= 0.3 is 0 Å². The molecule has 0 saturated heterocycles. The number of quaternary nitrogens is 2. The van der Waals surface area contributed by atoms with E-state index in [2.05, 4.69) is 0 Å². The molecule has 0 rings (SSSR count). The molecule has 0 aliphatic heterocycles. The van der Waals surface area contributed by atoms with Crippen molar-refractivity contribution in [2.24, 2.45) is 0 Å². The Kier molecular flexibility index (Phi) is 159. The molecular formula is H11N2O5S-. The summed E-state index contributed by atoms with van der Waals surface area (Å²) in [4.78, 5) is 0. The van der Waals surface area contributed by atoms with Crippen molar-refractivity contribution < 1.29 is 24.3 Å². The van der Waals surface area contributed by atoms with Crippen LogP contribution >= 0.6 is 0 Å². The molecule has 0 aliphatic rings. The Morgan fingerprint density at radius 2 is 1.12 bits per heavy atom. The highest BCUT2D eigenvalue weighted by atomic mass is 32.2. The topological polar surface area (TPSA) is 198 Å². The Hall–Kier alpha value is -0.0900. The molecule has 0 heterocycles. The highest BCUT2D eigenvalue weighted by molar-refractivity contribution is 7.72. The summed E-state index contributed by atoms with van der Waals surface area (Å²) < 4.78 is 25.3. The second kappa shape index (κ2) is 28.5. The van der Waals surface area contributed by atoms with Crippen LogP contribution in [0.25, 0.3) is 0 Å². The average Bonchev–Trinajstić information content (AvgIpc) is 0.811.